The van der Waals surface area contributed by atoms with Crippen LogP contribution in [0.3, 0.4) is 0 Å². The summed E-state index contributed by atoms with van der Waals surface area (Å²) in [4.78, 5) is 69.4. The van der Waals surface area contributed by atoms with Gasteiger partial charge in [0.05, 0.1) is 23.1 Å². The van der Waals surface area contributed by atoms with Crippen molar-refractivity contribution in [3.8, 4) is 5.75 Å². The lowest BCUT2D eigenvalue weighted by Crippen LogP contribution is -2.74. The first-order chi connectivity index (χ1) is 18.6. The second-order valence-electron chi connectivity index (χ2n) is 12.0. The van der Waals surface area contributed by atoms with E-state index in [2.05, 4.69) is 0 Å². The maximum absolute atomic E-state index is 14.6. The Labute approximate surface area is 226 Å². The van der Waals surface area contributed by atoms with Gasteiger partial charge in [-0.05, 0) is 56.8 Å². The summed E-state index contributed by atoms with van der Waals surface area (Å²) in [5.74, 6) is -13.1. The fourth-order valence-electron chi connectivity index (χ4n) is 7.69. The number of nitrogens with zero attached hydrogens (tertiary/aromatic N) is 2. The van der Waals surface area contributed by atoms with Crippen LogP contribution in [0.15, 0.2) is 0 Å². The molecule has 0 radical (unpaired) electrons. The minimum Gasteiger partial charge on any atom is -0.507 e. The number of hydrogen-bond acceptors (Lipinski definition) is 9. The molecule has 13 heteroatoms. The number of phenols is 1. The van der Waals surface area contributed by atoms with E-state index in [1.54, 1.807) is 0 Å². The van der Waals surface area contributed by atoms with Crippen LogP contribution >= 0.6 is 0 Å². The molecular formula is C27H28F3N3O7. The van der Waals surface area contributed by atoms with E-state index in [0.717, 1.165) is 12.8 Å². The number of rotatable bonds is 3. The van der Waals surface area contributed by atoms with Gasteiger partial charge in [-0.15, -0.1) is 0 Å². The normalized spacial score (nSPS) is 34.0. The van der Waals surface area contributed by atoms with Gasteiger partial charge in [-0.2, -0.15) is 13.2 Å². The van der Waals surface area contributed by atoms with Crippen LogP contribution in [0.1, 0.15) is 51.9 Å². The Bertz CT molecular complexity index is 1420. The van der Waals surface area contributed by atoms with Crippen molar-refractivity contribution in [2.24, 2.45) is 29.4 Å². The Morgan fingerprint density at radius 3 is 2.23 bits per heavy atom. The molecule has 3 fully saturated rings. The number of amides is 1. The third-order valence-electron chi connectivity index (χ3n) is 9.52. The molecule has 3 saturated carbocycles. The Balaban J connectivity index is 1.51. The van der Waals surface area contributed by atoms with Crippen LogP contribution in [0.25, 0.3) is 0 Å². The quantitative estimate of drug-likeness (QED) is 0.442. The Morgan fingerprint density at radius 1 is 1.05 bits per heavy atom. The average molecular weight is 564 g/mol. The summed E-state index contributed by atoms with van der Waals surface area (Å²) in [7, 11) is 2.87. The molecule has 1 aromatic carbocycles. The summed E-state index contributed by atoms with van der Waals surface area (Å²) in [6.45, 7) is -0.00554. The van der Waals surface area contributed by atoms with E-state index in [1.165, 1.54) is 19.0 Å². The van der Waals surface area contributed by atoms with Crippen molar-refractivity contribution < 1.29 is 47.4 Å². The molecule has 40 heavy (non-hydrogen) atoms. The number of primary amides is 1. The summed E-state index contributed by atoms with van der Waals surface area (Å²) in [6, 6.07) is -1.24. The molecule has 214 valence electrons. The van der Waals surface area contributed by atoms with E-state index < -0.39 is 99.4 Å². The number of carbonyl (C=O) groups excluding carboxylic acids is 5. The highest BCUT2D eigenvalue weighted by atomic mass is 19.4. The second-order valence-corrected chi connectivity index (χ2v) is 12.0. The van der Waals surface area contributed by atoms with Crippen LogP contribution < -0.4 is 5.73 Å². The predicted molar refractivity (Wildman–Crippen MR) is 129 cm³/mol. The molecule has 0 bridgehead atoms. The maximum atomic E-state index is 14.6. The largest absolute Gasteiger partial charge is 0.507 e. The summed E-state index contributed by atoms with van der Waals surface area (Å²) >= 11 is 0. The van der Waals surface area contributed by atoms with E-state index in [0.29, 0.717) is 0 Å². The summed E-state index contributed by atoms with van der Waals surface area (Å²) in [5.41, 5.74) is 0.253. The third kappa shape index (κ3) is 3.43. The van der Waals surface area contributed by atoms with E-state index in [9.17, 15) is 47.4 Å². The van der Waals surface area contributed by atoms with Crippen LogP contribution in [-0.2, 0) is 44.9 Å². The number of fused-ring (bicyclic) bond motifs is 4. The van der Waals surface area contributed by atoms with Gasteiger partial charge in [0.25, 0.3) is 0 Å². The van der Waals surface area contributed by atoms with Crippen molar-refractivity contribution in [3.63, 3.8) is 0 Å². The Kier molecular flexibility index (Phi) is 5.70. The smallest absolute Gasteiger partial charge is 0.417 e. The van der Waals surface area contributed by atoms with Crippen LogP contribution in [0.4, 0.5) is 13.2 Å². The summed E-state index contributed by atoms with van der Waals surface area (Å²) < 4.78 is 43.8. The monoisotopic (exact) mass is 563 g/mol. The van der Waals surface area contributed by atoms with Crippen molar-refractivity contribution in [2.75, 3.05) is 14.1 Å². The number of aliphatic hydroxyl groups is 1. The number of Topliss-reactive ketones (excluding diaryl/α,β-unsaturated/α-hetero) is 4. The van der Waals surface area contributed by atoms with Gasteiger partial charge < -0.3 is 15.9 Å². The minimum absolute atomic E-state index is 0.00887. The predicted octanol–water partition coefficient (Wildman–Crippen LogP) is 0.364. The van der Waals surface area contributed by atoms with E-state index >= 15 is 0 Å². The molecule has 0 spiro atoms. The van der Waals surface area contributed by atoms with E-state index in [4.69, 9.17) is 5.73 Å². The van der Waals surface area contributed by atoms with Gasteiger partial charge in [-0.1, -0.05) is 0 Å². The molecule has 1 heterocycles. The highest BCUT2D eigenvalue weighted by Gasteiger charge is 2.69. The number of hydrogen-bond donors (Lipinski definition) is 3. The Morgan fingerprint density at radius 2 is 1.68 bits per heavy atom. The van der Waals surface area contributed by atoms with Crippen molar-refractivity contribution in [3.05, 3.63) is 27.8 Å². The van der Waals surface area contributed by atoms with Crippen molar-refractivity contribution in [2.45, 2.75) is 62.6 Å². The van der Waals surface area contributed by atoms with Crippen LogP contribution in [0, 0.1) is 23.7 Å². The topological polar surface area (TPSA) is 158 Å². The van der Waals surface area contributed by atoms with Crippen molar-refractivity contribution in [1.29, 1.82) is 0 Å². The van der Waals surface area contributed by atoms with Gasteiger partial charge in [-0.3, -0.25) is 33.8 Å². The van der Waals surface area contributed by atoms with Gasteiger partial charge in [-0.25, -0.2) is 0 Å². The molecule has 5 aliphatic rings. The molecule has 1 aliphatic heterocycles. The van der Waals surface area contributed by atoms with Gasteiger partial charge >= 0.3 is 6.18 Å². The number of ketones is 4. The minimum atomic E-state index is -4.86. The zero-order valence-corrected chi connectivity index (χ0v) is 21.7. The van der Waals surface area contributed by atoms with Crippen LogP contribution in [0.2, 0.25) is 0 Å². The van der Waals surface area contributed by atoms with Gasteiger partial charge in [0.15, 0.2) is 34.7 Å². The number of aromatic hydroxyl groups is 1. The number of halogens is 3. The molecule has 10 nitrogen and oxygen atoms in total. The Hall–Kier alpha value is -3.16. The SMILES string of the molecule is CN(C)[C@@H]1C(=O)C(C(N)=O)C(=O)[C@@]2(O)C(=O)C3C(=O)c4c(O)c5c(c(C(F)(F)F)c4C[C@H]3C[C@@H]12)CN(C1CC1)C5. The zero-order chi connectivity index (χ0) is 29.2. The number of carbonyl (C=O) groups is 5. The molecule has 6 atom stereocenters. The molecule has 1 aromatic rings. The average Bonchev–Trinajstić information content (AvgIpc) is 3.59. The first-order valence-electron chi connectivity index (χ1n) is 13.2. The van der Waals surface area contributed by atoms with Crippen LogP contribution in [0.5, 0.6) is 5.75 Å². The molecular weight excluding hydrogens is 535 g/mol. The molecule has 0 aromatic heterocycles. The molecule has 0 saturated heterocycles. The highest BCUT2D eigenvalue weighted by Crippen LogP contribution is 2.55. The third-order valence-corrected chi connectivity index (χ3v) is 9.52. The number of benzene rings is 1. The van der Waals surface area contributed by atoms with Gasteiger partial charge in [0.2, 0.25) is 5.91 Å². The second kappa shape index (κ2) is 8.43. The molecule has 2 unspecified atom stereocenters. The molecule has 1 amide bonds. The number of nitrogens with two attached hydrogens (primary N) is 1. The molecule has 4 aliphatic carbocycles. The van der Waals surface area contributed by atoms with E-state index in [-0.39, 0.29) is 36.7 Å². The molecule has 6 rings (SSSR count). The number of likely N-dealkylation sites (N-methyl/N-ethyl adjacent to an activating group) is 1. The fraction of sp³-hybridized carbons (Fsp3) is 0.593. The first kappa shape index (κ1) is 27.0. The lowest BCUT2D eigenvalue weighted by atomic mass is 9.52. The zero-order valence-electron chi connectivity index (χ0n) is 21.7. The first-order valence-corrected chi connectivity index (χ1v) is 13.2. The van der Waals surface area contributed by atoms with Gasteiger partial charge in [0.1, 0.15) is 5.75 Å². The lowest BCUT2D eigenvalue weighted by Gasteiger charge is -2.52. The summed E-state index contributed by atoms with van der Waals surface area (Å²) in [5, 5.41) is 22.8. The lowest BCUT2D eigenvalue weighted by molar-refractivity contribution is -0.181. The standard InChI is InChI=1S/C27H28F3N3O7/c1-32(2)19-14-6-9-5-11-16(20(34)13-8-33(10-3-4-10)7-12(13)18(11)27(28,29)30)21(35)15(9)23(37)26(14,40)24(38)17(22(19)36)25(31)39/h9-10,14-15,17,19,34,40H,3-8H2,1-2H3,(H2,31,39)/t9-,14-,15?,17?,19-,26-/m0/s1. The van der Waals surface area contributed by atoms with Gasteiger partial charge in [0, 0.05) is 30.6 Å². The maximum Gasteiger partial charge on any atom is 0.417 e. The molecule has 4 N–H and O–H groups in total. The number of alkyl halides is 3. The van der Waals surface area contributed by atoms with E-state index in [1.807, 2.05) is 4.90 Å². The summed E-state index contributed by atoms with van der Waals surface area (Å²) in [6.07, 6.45) is -3.96. The van der Waals surface area contributed by atoms with Crippen molar-refractivity contribution in [1.82, 2.24) is 9.80 Å². The van der Waals surface area contributed by atoms with Crippen LogP contribution in [-0.4, -0.2) is 80.8 Å². The fourth-order valence-corrected chi connectivity index (χ4v) is 7.69. The highest BCUT2D eigenvalue weighted by molar-refractivity contribution is 6.32. The number of phenolic OH excluding ortho intramolecular Hbond substituents is 1. The van der Waals surface area contributed by atoms with Crippen molar-refractivity contribution >= 4 is 29.0 Å².